The van der Waals surface area contributed by atoms with Crippen molar-refractivity contribution in [2.24, 2.45) is 0 Å². The van der Waals surface area contributed by atoms with E-state index >= 15 is 0 Å². The van der Waals surface area contributed by atoms with E-state index in [2.05, 4.69) is 15.0 Å². The average Bonchev–Trinajstić information content (AvgIpc) is 2.27. The number of methoxy groups -OCH3 is 1. The summed E-state index contributed by atoms with van der Waals surface area (Å²) >= 11 is 5.71. The summed E-state index contributed by atoms with van der Waals surface area (Å²) in [5.74, 6) is 1.14. The fourth-order valence-corrected chi connectivity index (χ4v) is 1.48. The number of anilines is 1. The van der Waals surface area contributed by atoms with Crippen molar-refractivity contribution in [1.82, 2.24) is 15.0 Å². The molecular weight excluding hydrogens is 228 g/mol. The number of halogens is 1. The lowest BCUT2D eigenvalue weighted by molar-refractivity contribution is 0.416. The van der Waals surface area contributed by atoms with Crippen molar-refractivity contribution in [3.05, 3.63) is 29.5 Å². The topological polar surface area (TPSA) is 73.9 Å². The SMILES string of the molecule is COc1ccccc1-c1nc(N)nc(Cl)n1. The maximum Gasteiger partial charge on any atom is 0.227 e. The van der Waals surface area contributed by atoms with Crippen LogP contribution in [0.4, 0.5) is 5.95 Å². The van der Waals surface area contributed by atoms with Crippen molar-refractivity contribution in [3.63, 3.8) is 0 Å². The van der Waals surface area contributed by atoms with Crippen LogP contribution in [-0.4, -0.2) is 22.1 Å². The molecule has 2 N–H and O–H groups in total. The summed E-state index contributed by atoms with van der Waals surface area (Å²) in [6.07, 6.45) is 0. The van der Waals surface area contributed by atoms with Gasteiger partial charge < -0.3 is 10.5 Å². The second-order valence-corrected chi connectivity index (χ2v) is 3.32. The molecule has 0 radical (unpaired) electrons. The molecule has 2 rings (SSSR count). The Morgan fingerprint density at radius 2 is 1.94 bits per heavy atom. The zero-order valence-corrected chi connectivity index (χ0v) is 9.27. The van der Waals surface area contributed by atoms with Gasteiger partial charge in [0.2, 0.25) is 11.2 Å². The number of aromatic nitrogens is 3. The van der Waals surface area contributed by atoms with E-state index in [0.717, 1.165) is 5.56 Å². The normalized spacial score (nSPS) is 10.1. The molecule has 0 fully saturated rings. The smallest absolute Gasteiger partial charge is 0.227 e. The van der Waals surface area contributed by atoms with Gasteiger partial charge in [-0.2, -0.15) is 15.0 Å². The van der Waals surface area contributed by atoms with Gasteiger partial charge in [-0.05, 0) is 23.7 Å². The zero-order valence-electron chi connectivity index (χ0n) is 8.51. The van der Waals surface area contributed by atoms with Crippen LogP contribution in [0.15, 0.2) is 24.3 Å². The Labute approximate surface area is 97.3 Å². The molecule has 0 atom stereocenters. The lowest BCUT2D eigenvalue weighted by Gasteiger charge is -2.06. The summed E-state index contributed by atoms with van der Waals surface area (Å²) in [5.41, 5.74) is 6.22. The Bertz CT molecular complexity index is 498. The van der Waals surface area contributed by atoms with Crippen LogP contribution >= 0.6 is 11.6 Å². The molecule has 1 heterocycles. The second-order valence-electron chi connectivity index (χ2n) is 2.99. The number of ether oxygens (including phenoxy) is 1. The minimum absolute atomic E-state index is 0.0633. The first-order chi connectivity index (χ1) is 7.70. The van der Waals surface area contributed by atoms with E-state index < -0.39 is 0 Å². The largest absolute Gasteiger partial charge is 0.496 e. The average molecular weight is 237 g/mol. The molecule has 0 aliphatic carbocycles. The van der Waals surface area contributed by atoms with E-state index in [-0.39, 0.29) is 11.2 Å². The summed E-state index contributed by atoms with van der Waals surface area (Å²) in [4.78, 5) is 11.7. The molecule has 82 valence electrons. The van der Waals surface area contributed by atoms with Crippen LogP contribution in [0.1, 0.15) is 0 Å². The van der Waals surface area contributed by atoms with E-state index in [1.54, 1.807) is 7.11 Å². The van der Waals surface area contributed by atoms with Gasteiger partial charge in [0.25, 0.3) is 0 Å². The van der Waals surface area contributed by atoms with Gasteiger partial charge in [-0.25, -0.2) is 0 Å². The second kappa shape index (κ2) is 4.32. The molecule has 0 saturated carbocycles. The standard InChI is InChI=1S/C10H9ClN4O/c1-16-7-5-3-2-4-6(7)8-13-9(11)15-10(12)14-8/h2-5H,1H3,(H2,12,13,14,15). The highest BCUT2D eigenvalue weighted by molar-refractivity contribution is 6.28. The van der Waals surface area contributed by atoms with E-state index in [9.17, 15) is 0 Å². The van der Waals surface area contributed by atoms with Gasteiger partial charge in [0.05, 0.1) is 12.7 Å². The van der Waals surface area contributed by atoms with Crippen LogP contribution in [0.2, 0.25) is 5.28 Å². The van der Waals surface area contributed by atoms with E-state index in [0.29, 0.717) is 11.6 Å². The molecule has 1 aromatic carbocycles. The maximum absolute atomic E-state index is 5.71. The quantitative estimate of drug-likeness (QED) is 0.860. The van der Waals surface area contributed by atoms with Gasteiger partial charge in [0, 0.05) is 0 Å². The number of hydrogen-bond donors (Lipinski definition) is 1. The Morgan fingerprint density at radius 3 is 2.62 bits per heavy atom. The van der Waals surface area contributed by atoms with Crippen molar-refractivity contribution < 1.29 is 4.74 Å². The first-order valence-electron chi connectivity index (χ1n) is 4.51. The molecule has 0 spiro atoms. The molecule has 0 saturated heterocycles. The number of benzene rings is 1. The predicted octanol–water partition coefficient (Wildman–Crippen LogP) is 1.78. The van der Waals surface area contributed by atoms with Crippen molar-refractivity contribution in [3.8, 4) is 17.1 Å². The van der Waals surface area contributed by atoms with Crippen LogP contribution in [0.25, 0.3) is 11.4 Å². The van der Waals surface area contributed by atoms with Crippen molar-refractivity contribution >= 4 is 17.5 Å². The van der Waals surface area contributed by atoms with E-state index in [1.165, 1.54) is 0 Å². The lowest BCUT2D eigenvalue weighted by Crippen LogP contribution is -2.00. The molecule has 2 aromatic rings. The molecule has 0 unspecified atom stereocenters. The third-order valence-electron chi connectivity index (χ3n) is 1.97. The summed E-state index contributed by atoms with van der Waals surface area (Å²) in [5, 5.41) is 0.0633. The molecule has 0 amide bonds. The van der Waals surface area contributed by atoms with Crippen LogP contribution in [-0.2, 0) is 0 Å². The first-order valence-corrected chi connectivity index (χ1v) is 4.89. The van der Waals surface area contributed by atoms with Gasteiger partial charge in [-0.15, -0.1) is 0 Å². The number of rotatable bonds is 2. The molecule has 0 aliphatic rings. The van der Waals surface area contributed by atoms with Gasteiger partial charge in [0.1, 0.15) is 5.75 Å². The van der Waals surface area contributed by atoms with E-state index in [4.69, 9.17) is 22.1 Å². The van der Waals surface area contributed by atoms with Crippen molar-refractivity contribution in [2.75, 3.05) is 12.8 Å². The van der Waals surface area contributed by atoms with Gasteiger partial charge in [-0.3, -0.25) is 0 Å². The van der Waals surface area contributed by atoms with Crippen LogP contribution in [0.3, 0.4) is 0 Å². The Balaban J connectivity index is 2.58. The van der Waals surface area contributed by atoms with E-state index in [1.807, 2.05) is 24.3 Å². The van der Waals surface area contributed by atoms with Crippen LogP contribution in [0, 0.1) is 0 Å². The molecular formula is C10H9ClN4O. The summed E-state index contributed by atoms with van der Waals surface area (Å²) < 4.78 is 5.20. The number of para-hydroxylation sites is 1. The van der Waals surface area contributed by atoms with Crippen molar-refractivity contribution in [1.29, 1.82) is 0 Å². The van der Waals surface area contributed by atoms with Gasteiger partial charge in [-0.1, -0.05) is 12.1 Å². The molecule has 6 heteroatoms. The molecule has 0 aliphatic heterocycles. The third-order valence-corrected chi connectivity index (χ3v) is 2.14. The number of hydrogen-bond acceptors (Lipinski definition) is 5. The number of nitrogens with zero attached hydrogens (tertiary/aromatic N) is 3. The molecule has 5 nitrogen and oxygen atoms in total. The van der Waals surface area contributed by atoms with Crippen LogP contribution < -0.4 is 10.5 Å². The maximum atomic E-state index is 5.71. The fourth-order valence-electron chi connectivity index (χ4n) is 1.32. The Kier molecular flexibility index (Phi) is 2.87. The minimum atomic E-state index is 0.0633. The summed E-state index contributed by atoms with van der Waals surface area (Å²) in [7, 11) is 1.57. The van der Waals surface area contributed by atoms with Gasteiger partial charge in [0.15, 0.2) is 5.82 Å². The monoisotopic (exact) mass is 236 g/mol. The number of nitrogens with two attached hydrogens (primary N) is 1. The molecule has 16 heavy (non-hydrogen) atoms. The molecule has 1 aromatic heterocycles. The lowest BCUT2D eigenvalue weighted by atomic mass is 10.2. The number of nitrogen functional groups attached to an aromatic ring is 1. The summed E-state index contributed by atoms with van der Waals surface area (Å²) in [6.45, 7) is 0. The Morgan fingerprint density at radius 1 is 1.19 bits per heavy atom. The fraction of sp³-hybridized carbons (Fsp3) is 0.100. The van der Waals surface area contributed by atoms with Crippen molar-refractivity contribution in [2.45, 2.75) is 0 Å². The highest BCUT2D eigenvalue weighted by atomic mass is 35.5. The zero-order chi connectivity index (χ0) is 11.5. The van der Waals surface area contributed by atoms with Crippen LogP contribution in [0.5, 0.6) is 5.75 Å². The molecule has 0 bridgehead atoms. The van der Waals surface area contributed by atoms with Gasteiger partial charge >= 0.3 is 0 Å². The highest BCUT2D eigenvalue weighted by Crippen LogP contribution is 2.27. The first kappa shape index (κ1) is 10.6. The Hall–Kier alpha value is -1.88. The third kappa shape index (κ3) is 2.04. The predicted molar refractivity (Wildman–Crippen MR) is 61.2 cm³/mol. The highest BCUT2D eigenvalue weighted by Gasteiger charge is 2.09. The minimum Gasteiger partial charge on any atom is -0.496 e. The summed E-state index contributed by atoms with van der Waals surface area (Å²) in [6, 6.07) is 7.34.